The topological polar surface area (TPSA) is 107 Å². The predicted octanol–water partition coefficient (Wildman–Crippen LogP) is 0.204. The molecular formula is C14H13FN4O3. The van der Waals surface area contributed by atoms with E-state index in [0.29, 0.717) is 11.3 Å². The largest absolute Gasteiger partial charge is 0.325 e. The van der Waals surface area contributed by atoms with Crippen LogP contribution in [0, 0.1) is 12.7 Å². The number of amides is 1. The van der Waals surface area contributed by atoms with Gasteiger partial charge < -0.3 is 4.98 Å². The SMILES string of the molecule is Cc1[nH]c(=O)[nH]c(=O)c1CC(=O)N/N=C\c1cccc(F)c1. The molecule has 0 aliphatic heterocycles. The first kappa shape index (κ1) is 15.4. The lowest BCUT2D eigenvalue weighted by molar-refractivity contribution is -0.120. The van der Waals surface area contributed by atoms with Crippen LogP contribution in [-0.4, -0.2) is 22.1 Å². The molecule has 0 saturated carbocycles. The molecule has 22 heavy (non-hydrogen) atoms. The fourth-order valence-electron chi connectivity index (χ4n) is 1.80. The van der Waals surface area contributed by atoms with Crippen molar-refractivity contribution in [2.24, 2.45) is 5.10 Å². The summed E-state index contributed by atoms with van der Waals surface area (Å²) in [4.78, 5) is 38.8. The number of aryl methyl sites for hydroxylation is 1. The fourth-order valence-corrected chi connectivity index (χ4v) is 1.80. The zero-order valence-corrected chi connectivity index (χ0v) is 11.6. The first-order valence-corrected chi connectivity index (χ1v) is 6.35. The van der Waals surface area contributed by atoms with Crippen LogP contribution in [0.25, 0.3) is 0 Å². The van der Waals surface area contributed by atoms with Gasteiger partial charge in [0.25, 0.3) is 5.56 Å². The lowest BCUT2D eigenvalue weighted by Gasteiger charge is -2.02. The number of nitrogens with zero attached hydrogens (tertiary/aromatic N) is 1. The monoisotopic (exact) mass is 304 g/mol. The molecule has 0 bridgehead atoms. The van der Waals surface area contributed by atoms with Crippen LogP contribution in [0.3, 0.4) is 0 Å². The predicted molar refractivity (Wildman–Crippen MR) is 78.3 cm³/mol. The Morgan fingerprint density at radius 3 is 2.82 bits per heavy atom. The first-order valence-electron chi connectivity index (χ1n) is 6.35. The van der Waals surface area contributed by atoms with Gasteiger partial charge >= 0.3 is 5.69 Å². The van der Waals surface area contributed by atoms with Gasteiger partial charge in [0, 0.05) is 11.3 Å². The lowest BCUT2D eigenvalue weighted by atomic mass is 10.1. The molecule has 1 aromatic heterocycles. The van der Waals surface area contributed by atoms with Crippen molar-refractivity contribution in [2.75, 3.05) is 0 Å². The summed E-state index contributed by atoms with van der Waals surface area (Å²) in [5, 5.41) is 3.68. The van der Waals surface area contributed by atoms with Crippen molar-refractivity contribution < 1.29 is 9.18 Å². The molecule has 8 heteroatoms. The smallest absolute Gasteiger partial charge is 0.311 e. The van der Waals surface area contributed by atoms with Crippen molar-refractivity contribution in [1.29, 1.82) is 0 Å². The number of hydrogen-bond acceptors (Lipinski definition) is 4. The van der Waals surface area contributed by atoms with Gasteiger partial charge in [-0.05, 0) is 24.6 Å². The Labute approximate surface area is 123 Å². The number of aromatic nitrogens is 2. The van der Waals surface area contributed by atoms with Crippen LogP contribution < -0.4 is 16.7 Å². The molecule has 1 heterocycles. The summed E-state index contributed by atoms with van der Waals surface area (Å²) in [5.74, 6) is -0.945. The lowest BCUT2D eigenvalue weighted by Crippen LogP contribution is -2.30. The van der Waals surface area contributed by atoms with Gasteiger partial charge in [-0.25, -0.2) is 14.6 Å². The number of carbonyl (C=O) groups is 1. The number of hydrazone groups is 1. The molecular weight excluding hydrogens is 291 g/mol. The third-order valence-electron chi connectivity index (χ3n) is 2.84. The van der Waals surface area contributed by atoms with Crippen molar-refractivity contribution in [1.82, 2.24) is 15.4 Å². The van der Waals surface area contributed by atoms with E-state index in [0.717, 1.165) is 0 Å². The van der Waals surface area contributed by atoms with Crippen LogP contribution in [0.4, 0.5) is 4.39 Å². The van der Waals surface area contributed by atoms with Crippen molar-refractivity contribution >= 4 is 12.1 Å². The highest BCUT2D eigenvalue weighted by Gasteiger charge is 2.10. The van der Waals surface area contributed by atoms with E-state index in [-0.39, 0.29) is 12.0 Å². The fraction of sp³-hybridized carbons (Fsp3) is 0.143. The Morgan fingerprint density at radius 1 is 1.36 bits per heavy atom. The summed E-state index contributed by atoms with van der Waals surface area (Å²) >= 11 is 0. The van der Waals surface area contributed by atoms with Crippen LogP contribution in [0.1, 0.15) is 16.8 Å². The molecule has 2 aromatic rings. The van der Waals surface area contributed by atoms with Crippen LogP contribution >= 0.6 is 0 Å². The van der Waals surface area contributed by atoms with E-state index in [4.69, 9.17) is 0 Å². The van der Waals surface area contributed by atoms with Gasteiger partial charge in [0.1, 0.15) is 5.82 Å². The van der Waals surface area contributed by atoms with E-state index in [9.17, 15) is 18.8 Å². The minimum Gasteiger partial charge on any atom is -0.311 e. The summed E-state index contributed by atoms with van der Waals surface area (Å²) in [6.07, 6.45) is 1.05. The number of aromatic amines is 2. The molecule has 1 amide bonds. The Kier molecular flexibility index (Phi) is 4.62. The Hall–Kier alpha value is -3.03. The molecule has 2 rings (SSSR count). The van der Waals surface area contributed by atoms with Crippen molar-refractivity contribution in [2.45, 2.75) is 13.3 Å². The molecule has 7 nitrogen and oxygen atoms in total. The van der Waals surface area contributed by atoms with Crippen LogP contribution in [-0.2, 0) is 11.2 Å². The van der Waals surface area contributed by atoms with E-state index in [1.165, 1.54) is 31.3 Å². The van der Waals surface area contributed by atoms with Gasteiger partial charge in [0.15, 0.2) is 0 Å². The molecule has 0 unspecified atom stereocenters. The number of hydrogen-bond donors (Lipinski definition) is 3. The third-order valence-corrected chi connectivity index (χ3v) is 2.84. The Balaban J connectivity index is 2.02. The van der Waals surface area contributed by atoms with Crippen LogP contribution in [0.5, 0.6) is 0 Å². The van der Waals surface area contributed by atoms with Gasteiger partial charge in [0.2, 0.25) is 5.91 Å². The van der Waals surface area contributed by atoms with Gasteiger partial charge in [-0.2, -0.15) is 5.10 Å². The molecule has 1 aromatic carbocycles. The number of carbonyl (C=O) groups excluding carboxylic acids is 1. The molecule has 0 atom stereocenters. The number of benzene rings is 1. The van der Waals surface area contributed by atoms with E-state index in [2.05, 4.69) is 15.5 Å². The summed E-state index contributed by atoms with van der Waals surface area (Å²) in [7, 11) is 0. The number of rotatable bonds is 4. The highest BCUT2D eigenvalue weighted by Crippen LogP contribution is 2.00. The molecule has 0 aliphatic carbocycles. The summed E-state index contributed by atoms with van der Waals surface area (Å²) in [5.41, 5.74) is 1.94. The molecule has 0 saturated heterocycles. The number of nitrogens with one attached hydrogen (secondary N) is 3. The second kappa shape index (κ2) is 6.61. The van der Waals surface area contributed by atoms with Crippen molar-refractivity contribution in [3.8, 4) is 0 Å². The van der Waals surface area contributed by atoms with Crippen molar-refractivity contribution in [3.05, 3.63) is 67.7 Å². The van der Waals surface area contributed by atoms with Gasteiger partial charge in [-0.15, -0.1) is 0 Å². The van der Waals surface area contributed by atoms with Gasteiger partial charge in [0.05, 0.1) is 12.6 Å². The number of H-pyrrole nitrogens is 2. The highest BCUT2D eigenvalue weighted by molar-refractivity contribution is 5.83. The zero-order chi connectivity index (χ0) is 16.1. The maximum atomic E-state index is 12.9. The first-order chi connectivity index (χ1) is 10.5. The minimum atomic E-state index is -0.629. The number of halogens is 1. The summed E-state index contributed by atoms with van der Waals surface area (Å²) in [6, 6.07) is 5.69. The second-order valence-corrected chi connectivity index (χ2v) is 4.54. The maximum absolute atomic E-state index is 12.9. The molecule has 114 valence electrons. The van der Waals surface area contributed by atoms with E-state index < -0.39 is 23.0 Å². The van der Waals surface area contributed by atoms with E-state index >= 15 is 0 Å². The molecule has 0 fully saturated rings. The molecule has 0 spiro atoms. The summed E-state index contributed by atoms with van der Waals surface area (Å²) in [6.45, 7) is 1.52. The Morgan fingerprint density at radius 2 is 2.14 bits per heavy atom. The van der Waals surface area contributed by atoms with Crippen LogP contribution in [0.2, 0.25) is 0 Å². The van der Waals surface area contributed by atoms with Crippen molar-refractivity contribution in [3.63, 3.8) is 0 Å². The standard InChI is InChI=1S/C14H13FN4O3/c1-8-11(13(21)18-14(22)17-8)6-12(20)19-16-7-9-3-2-4-10(15)5-9/h2-5,7H,6H2,1H3,(H,19,20)(H2,17,18,21,22)/b16-7-. The zero-order valence-electron chi connectivity index (χ0n) is 11.6. The third kappa shape index (κ3) is 3.98. The normalized spacial score (nSPS) is 10.8. The molecule has 0 aliphatic rings. The molecule has 3 N–H and O–H groups in total. The Bertz CT molecular complexity index is 838. The van der Waals surface area contributed by atoms with Gasteiger partial charge in [-0.1, -0.05) is 12.1 Å². The molecule has 0 radical (unpaired) electrons. The van der Waals surface area contributed by atoms with E-state index in [1.54, 1.807) is 6.07 Å². The van der Waals surface area contributed by atoms with Gasteiger partial charge in [-0.3, -0.25) is 14.6 Å². The average Bonchev–Trinajstić information content (AvgIpc) is 2.43. The summed E-state index contributed by atoms with van der Waals surface area (Å²) < 4.78 is 12.9. The highest BCUT2D eigenvalue weighted by atomic mass is 19.1. The second-order valence-electron chi connectivity index (χ2n) is 4.54. The maximum Gasteiger partial charge on any atom is 0.325 e. The minimum absolute atomic E-state index is 0.151. The quantitative estimate of drug-likeness (QED) is 0.555. The van der Waals surface area contributed by atoms with E-state index in [1.807, 2.05) is 4.98 Å². The average molecular weight is 304 g/mol. The van der Waals surface area contributed by atoms with Crippen LogP contribution in [0.15, 0.2) is 39.0 Å².